The molecule has 0 radical (unpaired) electrons. The van der Waals surface area contributed by atoms with Crippen LogP contribution in [0.3, 0.4) is 0 Å². The molecule has 0 bridgehead atoms. The van der Waals surface area contributed by atoms with E-state index in [1.165, 1.54) is 0 Å². The van der Waals surface area contributed by atoms with Crippen LogP contribution in [0, 0.1) is 10.8 Å². The minimum atomic E-state index is -4.67. The average Bonchev–Trinajstić information content (AvgIpc) is 1.52. The van der Waals surface area contributed by atoms with Crippen LogP contribution >= 0.6 is 0 Å². The second-order valence-corrected chi connectivity index (χ2v) is 2.30. The monoisotopic (exact) mass is 199 g/mol. The molecule has 0 spiro atoms. The number of nitrogens with two attached hydrogens (primary N) is 2. The van der Waals surface area contributed by atoms with Gasteiger partial charge < -0.3 is 11.5 Å². The first kappa shape index (κ1) is 13.2. The van der Waals surface area contributed by atoms with Crippen LogP contribution in [-0.4, -0.2) is 29.4 Å². The van der Waals surface area contributed by atoms with Gasteiger partial charge in [0.25, 0.3) is 0 Å². The smallest absolute Gasteiger partial charge is 0.370 e. The summed E-state index contributed by atoms with van der Waals surface area (Å²) in [6, 6.07) is 0. The van der Waals surface area contributed by atoms with Gasteiger partial charge in [-0.15, -0.1) is 0 Å². The highest BCUT2D eigenvalue weighted by molar-refractivity contribution is 7.79. The maximum atomic E-state index is 8.74. The molecule has 0 rings (SSSR count). The molecule has 9 nitrogen and oxygen atoms in total. The highest BCUT2D eigenvalue weighted by Gasteiger charge is 1.84. The third-order valence-electron chi connectivity index (χ3n) is 0.269. The molecule has 0 amide bonds. The van der Waals surface area contributed by atoms with Crippen LogP contribution in [0.2, 0.25) is 0 Å². The molecule has 0 unspecified atom stereocenters. The van der Waals surface area contributed by atoms with Gasteiger partial charge in [-0.2, -0.15) is 8.42 Å². The van der Waals surface area contributed by atoms with Crippen LogP contribution in [0.5, 0.6) is 0 Å². The van der Waals surface area contributed by atoms with Crippen LogP contribution in [-0.2, 0) is 10.4 Å². The van der Waals surface area contributed by atoms with Gasteiger partial charge in [0, 0.05) is 0 Å². The van der Waals surface area contributed by atoms with E-state index in [-0.39, 0.29) is 11.9 Å². The minimum absolute atomic E-state index is 0.312. The molecule has 0 saturated carbocycles. The van der Waals surface area contributed by atoms with Crippen molar-refractivity contribution in [3.8, 4) is 0 Å². The SMILES string of the molecule is N=C(N)NC(=N)N.O=S(=O)(O)O. The van der Waals surface area contributed by atoms with E-state index in [4.69, 9.17) is 39.8 Å². The van der Waals surface area contributed by atoms with E-state index < -0.39 is 10.4 Å². The summed E-state index contributed by atoms with van der Waals surface area (Å²) in [7, 11) is -4.67. The maximum absolute atomic E-state index is 8.74. The molecule has 0 saturated heterocycles. The summed E-state index contributed by atoms with van der Waals surface area (Å²) >= 11 is 0. The Morgan fingerprint density at radius 2 is 1.33 bits per heavy atom. The topological polar surface area (TPSA) is 186 Å². The fourth-order valence-corrected chi connectivity index (χ4v) is 0.145. The zero-order valence-electron chi connectivity index (χ0n) is 5.77. The van der Waals surface area contributed by atoms with Gasteiger partial charge in [-0.05, 0) is 0 Å². The molecule has 0 aromatic rings. The van der Waals surface area contributed by atoms with Crippen molar-refractivity contribution in [2.45, 2.75) is 0 Å². The highest BCUT2D eigenvalue weighted by atomic mass is 32.3. The fraction of sp³-hybridized carbons (Fsp3) is 0. The third-order valence-corrected chi connectivity index (χ3v) is 0.269. The number of hydrogen-bond donors (Lipinski definition) is 7. The summed E-state index contributed by atoms with van der Waals surface area (Å²) in [5.74, 6) is -0.625. The maximum Gasteiger partial charge on any atom is 0.394 e. The normalized spacial score (nSPS) is 9.17. The van der Waals surface area contributed by atoms with E-state index >= 15 is 0 Å². The lowest BCUT2D eigenvalue weighted by Gasteiger charge is -1.95. The van der Waals surface area contributed by atoms with Crippen LogP contribution in [0.15, 0.2) is 0 Å². The quantitative estimate of drug-likeness (QED) is 0.130. The number of rotatable bonds is 0. The Labute approximate surface area is 68.3 Å². The van der Waals surface area contributed by atoms with Crippen LogP contribution in [0.4, 0.5) is 0 Å². The first-order chi connectivity index (χ1) is 5.13. The van der Waals surface area contributed by atoms with Gasteiger partial charge in [0.1, 0.15) is 0 Å². The number of hydrogen-bond acceptors (Lipinski definition) is 4. The molecular formula is C2H9N5O4S. The molecule has 12 heavy (non-hydrogen) atoms. The Morgan fingerprint density at radius 1 is 1.17 bits per heavy atom. The standard InChI is InChI=1S/C2H7N5.H2O4S/c3-1(4)7-2(5)6;1-5(2,3)4/h(H7,3,4,5,6,7);(H2,1,2,3,4). The summed E-state index contributed by atoms with van der Waals surface area (Å²) in [5, 5.41) is 15.0. The summed E-state index contributed by atoms with van der Waals surface area (Å²) in [4.78, 5) is 0. The van der Waals surface area contributed by atoms with Crippen molar-refractivity contribution in [3.63, 3.8) is 0 Å². The van der Waals surface area contributed by atoms with Crippen molar-refractivity contribution in [2.24, 2.45) is 11.5 Å². The molecule has 10 heteroatoms. The van der Waals surface area contributed by atoms with Gasteiger partial charge in [0.2, 0.25) is 0 Å². The zero-order valence-corrected chi connectivity index (χ0v) is 6.59. The average molecular weight is 199 g/mol. The van der Waals surface area contributed by atoms with Crippen LogP contribution < -0.4 is 16.8 Å². The van der Waals surface area contributed by atoms with Crippen LogP contribution in [0.1, 0.15) is 0 Å². The Morgan fingerprint density at radius 3 is 1.33 bits per heavy atom. The molecule has 0 aliphatic rings. The van der Waals surface area contributed by atoms with Gasteiger partial charge in [-0.3, -0.25) is 25.2 Å². The van der Waals surface area contributed by atoms with Gasteiger partial charge in [-0.25, -0.2) is 0 Å². The van der Waals surface area contributed by atoms with E-state index in [9.17, 15) is 0 Å². The Bertz CT molecular complexity index is 237. The first-order valence-electron chi connectivity index (χ1n) is 2.28. The molecule has 0 heterocycles. The van der Waals surface area contributed by atoms with Gasteiger partial charge in [0.05, 0.1) is 0 Å². The van der Waals surface area contributed by atoms with Gasteiger partial charge in [0.15, 0.2) is 11.9 Å². The molecule has 0 atom stereocenters. The van der Waals surface area contributed by atoms with E-state index in [1.807, 2.05) is 5.32 Å². The zero-order chi connectivity index (χ0) is 10.4. The molecule has 9 N–H and O–H groups in total. The molecular weight excluding hydrogens is 190 g/mol. The lowest BCUT2D eigenvalue weighted by atomic mass is 10.9. The van der Waals surface area contributed by atoms with E-state index in [1.54, 1.807) is 0 Å². The van der Waals surface area contributed by atoms with Gasteiger partial charge in [-0.1, -0.05) is 0 Å². The molecule has 0 fully saturated rings. The predicted molar refractivity (Wildman–Crippen MR) is 41.1 cm³/mol. The van der Waals surface area contributed by atoms with Gasteiger partial charge >= 0.3 is 10.4 Å². The third kappa shape index (κ3) is 73.2. The van der Waals surface area contributed by atoms with Crippen molar-refractivity contribution >= 4 is 22.3 Å². The van der Waals surface area contributed by atoms with Crippen molar-refractivity contribution in [1.29, 1.82) is 10.8 Å². The van der Waals surface area contributed by atoms with Crippen molar-refractivity contribution in [2.75, 3.05) is 0 Å². The highest BCUT2D eigenvalue weighted by Crippen LogP contribution is 1.59. The summed E-state index contributed by atoms with van der Waals surface area (Å²) in [5.41, 5.74) is 9.49. The Hall–Kier alpha value is -1.39. The first-order valence-corrected chi connectivity index (χ1v) is 3.67. The number of guanidine groups is 2. The second-order valence-electron chi connectivity index (χ2n) is 1.40. The summed E-state index contributed by atoms with van der Waals surface area (Å²) in [6.07, 6.45) is 0. The fourth-order valence-electron chi connectivity index (χ4n) is 0.145. The Balaban J connectivity index is 0. The molecule has 0 aliphatic carbocycles. The molecule has 72 valence electrons. The van der Waals surface area contributed by atoms with Crippen molar-refractivity contribution in [3.05, 3.63) is 0 Å². The minimum Gasteiger partial charge on any atom is -0.370 e. The second kappa shape index (κ2) is 5.29. The van der Waals surface area contributed by atoms with E-state index in [2.05, 4.69) is 0 Å². The molecule has 0 aromatic carbocycles. The summed E-state index contributed by atoms with van der Waals surface area (Å²) in [6.45, 7) is 0. The van der Waals surface area contributed by atoms with Crippen molar-refractivity contribution < 1.29 is 17.5 Å². The lowest BCUT2D eigenvalue weighted by Crippen LogP contribution is -2.39. The largest absolute Gasteiger partial charge is 0.394 e. The molecule has 0 aliphatic heterocycles. The Kier molecular flexibility index (Phi) is 5.82. The van der Waals surface area contributed by atoms with Crippen LogP contribution in [0.25, 0.3) is 0 Å². The predicted octanol–water partition coefficient (Wildman–Crippen LogP) is -2.29. The lowest BCUT2D eigenvalue weighted by molar-refractivity contribution is 0.381. The van der Waals surface area contributed by atoms with E-state index in [0.29, 0.717) is 0 Å². The summed E-state index contributed by atoms with van der Waals surface area (Å²) < 4.78 is 31.6. The number of nitrogens with one attached hydrogen (secondary N) is 3. The molecule has 0 aromatic heterocycles. The van der Waals surface area contributed by atoms with E-state index in [0.717, 1.165) is 0 Å². The van der Waals surface area contributed by atoms with Crippen molar-refractivity contribution in [1.82, 2.24) is 5.32 Å².